The Hall–Kier alpha value is -3.99. The molecule has 3 aliphatic rings. The normalized spacial score (nSPS) is 17.1. The summed E-state index contributed by atoms with van der Waals surface area (Å²) in [7, 11) is 1.68. The molecule has 0 bridgehead atoms. The van der Waals surface area contributed by atoms with Crippen LogP contribution in [0.4, 0.5) is 10.1 Å². The first-order valence-electron chi connectivity index (χ1n) is 14.0. The highest BCUT2D eigenvalue weighted by atomic mass is 19.1. The first-order valence-corrected chi connectivity index (χ1v) is 14.0. The molecule has 0 N–H and O–H groups in total. The Bertz CT molecular complexity index is 1720. The average molecular weight is 559 g/mol. The number of carbonyl (C=O) groups excluding carboxylic acids is 1. The van der Waals surface area contributed by atoms with Gasteiger partial charge in [0.05, 0.1) is 30.9 Å². The van der Waals surface area contributed by atoms with Crippen molar-refractivity contribution in [2.24, 2.45) is 0 Å². The lowest BCUT2D eigenvalue weighted by Crippen LogP contribution is -2.47. The van der Waals surface area contributed by atoms with E-state index in [2.05, 4.69) is 4.90 Å². The highest BCUT2D eigenvalue weighted by Gasteiger charge is 2.33. The van der Waals surface area contributed by atoms with Crippen LogP contribution in [0, 0.1) is 5.82 Å². The van der Waals surface area contributed by atoms with E-state index in [1.807, 2.05) is 45.9 Å². The van der Waals surface area contributed by atoms with E-state index in [0.717, 1.165) is 30.4 Å². The molecule has 2 fully saturated rings. The van der Waals surface area contributed by atoms with E-state index in [9.17, 15) is 9.59 Å². The first-order chi connectivity index (χ1) is 20.0. The lowest BCUT2D eigenvalue weighted by Gasteiger charge is -2.37. The summed E-state index contributed by atoms with van der Waals surface area (Å²) >= 11 is 0. The molecule has 0 radical (unpaired) electrons. The van der Waals surface area contributed by atoms with E-state index >= 15 is 4.39 Å². The minimum atomic E-state index is -0.540. The Morgan fingerprint density at radius 1 is 1.00 bits per heavy atom. The number of halogens is 1. The van der Waals surface area contributed by atoms with Crippen LogP contribution in [0.25, 0.3) is 27.4 Å². The number of benzene rings is 3. The van der Waals surface area contributed by atoms with E-state index in [1.54, 1.807) is 18.2 Å². The van der Waals surface area contributed by atoms with Crippen LogP contribution in [0.3, 0.4) is 0 Å². The summed E-state index contributed by atoms with van der Waals surface area (Å²) < 4.78 is 35.0. The second-order valence-electron chi connectivity index (χ2n) is 10.7. The largest absolute Gasteiger partial charge is 0.451 e. The maximum atomic E-state index is 16.1. The maximum Gasteiger partial charge on any atom is 0.259 e. The highest BCUT2D eigenvalue weighted by molar-refractivity contribution is 6.02. The number of fused-ring (bicyclic) bond motifs is 3. The van der Waals surface area contributed by atoms with Crippen LogP contribution in [-0.4, -0.2) is 93.0 Å². The molecule has 0 atom stereocenters. The minimum Gasteiger partial charge on any atom is -0.451 e. The van der Waals surface area contributed by atoms with Gasteiger partial charge in [-0.2, -0.15) is 0 Å². The second-order valence-corrected chi connectivity index (χ2v) is 10.7. The highest BCUT2D eigenvalue weighted by Crippen LogP contribution is 2.47. The number of aromatic nitrogens is 1. The number of piperazine rings is 1. The third-order valence-electron chi connectivity index (χ3n) is 8.30. The molecule has 10 heteroatoms. The van der Waals surface area contributed by atoms with Crippen molar-refractivity contribution in [1.82, 2.24) is 14.4 Å². The number of morpholine rings is 1. The monoisotopic (exact) mass is 558 g/mol. The molecule has 212 valence electrons. The van der Waals surface area contributed by atoms with Crippen molar-refractivity contribution in [2.75, 3.05) is 77.6 Å². The van der Waals surface area contributed by atoms with Gasteiger partial charge in [-0.15, -0.1) is 0 Å². The number of pyridine rings is 1. The zero-order chi connectivity index (χ0) is 28.1. The van der Waals surface area contributed by atoms with E-state index in [4.69, 9.17) is 14.2 Å². The molecular formula is C31H31FN4O5. The van der Waals surface area contributed by atoms with E-state index in [-0.39, 0.29) is 16.9 Å². The number of nitrogens with zero attached hydrogens (tertiary/aromatic N) is 4. The fraction of sp³-hybridized carbons (Fsp3) is 0.355. The molecule has 2 saturated heterocycles. The van der Waals surface area contributed by atoms with Crippen LogP contribution in [0.5, 0.6) is 11.5 Å². The molecule has 0 unspecified atom stereocenters. The van der Waals surface area contributed by atoms with Crippen molar-refractivity contribution < 1.29 is 23.4 Å². The van der Waals surface area contributed by atoms with Crippen molar-refractivity contribution in [3.63, 3.8) is 0 Å². The Labute approximate surface area is 236 Å². The van der Waals surface area contributed by atoms with E-state index < -0.39 is 11.2 Å². The lowest BCUT2D eigenvalue weighted by atomic mass is 10.0. The third kappa shape index (κ3) is 4.43. The fourth-order valence-electron chi connectivity index (χ4n) is 6.09. The van der Waals surface area contributed by atoms with Gasteiger partial charge in [-0.3, -0.25) is 14.5 Å². The molecular weight excluding hydrogens is 527 g/mol. The zero-order valence-corrected chi connectivity index (χ0v) is 22.9. The van der Waals surface area contributed by atoms with Crippen LogP contribution in [-0.2, 0) is 9.47 Å². The summed E-state index contributed by atoms with van der Waals surface area (Å²) in [4.78, 5) is 33.3. The van der Waals surface area contributed by atoms with Gasteiger partial charge in [0.15, 0.2) is 17.3 Å². The van der Waals surface area contributed by atoms with Gasteiger partial charge in [0, 0.05) is 59.1 Å². The van der Waals surface area contributed by atoms with Gasteiger partial charge < -0.3 is 28.6 Å². The molecule has 3 aromatic carbocycles. The van der Waals surface area contributed by atoms with Gasteiger partial charge in [0.1, 0.15) is 16.8 Å². The van der Waals surface area contributed by atoms with Crippen LogP contribution in [0.1, 0.15) is 10.4 Å². The number of ether oxygens (including phenoxy) is 3. The Kier molecular flexibility index (Phi) is 6.61. The van der Waals surface area contributed by atoms with Crippen LogP contribution < -0.4 is 15.1 Å². The lowest BCUT2D eigenvalue weighted by molar-refractivity contribution is 0.0302. The fourth-order valence-corrected chi connectivity index (χ4v) is 6.09. The Balaban J connectivity index is 1.41. The van der Waals surface area contributed by atoms with Gasteiger partial charge in [-0.05, 0) is 29.0 Å². The predicted octanol–water partition coefficient (Wildman–Crippen LogP) is 3.63. The molecule has 0 aliphatic carbocycles. The summed E-state index contributed by atoms with van der Waals surface area (Å²) in [6.45, 7) is 5.78. The van der Waals surface area contributed by atoms with Crippen molar-refractivity contribution in [3.05, 3.63) is 70.3 Å². The third-order valence-corrected chi connectivity index (χ3v) is 8.30. The summed E-state index contributed by atoms with van der Waals surface area (Å²) in [5.41, 5.74) is 0.999. The van der Waals surface area contributed by atoms with E-state index in [1.165, 1.54) is 6.07 Å². The standard InChI is InChI=1S/C31H31FN4O5/c1-39-13-10-33-6-8-34(9-7-33)28-24(32)18-22-27-30(28)41-26-17-21-5-3-2-4-20(21)16-25(26)36(27)19-23(29(22)37)31(38)35-11-14-40-15-12-35/h2-5,16-19H,6-15H2,1H3. The summed E-state index contributed by atoms with van der Waals surface area (Å²) in [6, 6.07) is 13.1. The molecule has 1 amide bonds. The van der Waals surface area contributed by atoms with Crippen LogP contribution >= 0.6 is 0 Å². The zero-order valence-electron chi connectivity index (χ0n) is 22.9. The van der Waals surface area contributed by atoms with Gasteiger partial charge in [-0.25, -0.2) is 4.39 Å². The number of amides is 1. The molecule has 41 heavy (non-hydrogen) atoms. The number of methoxy groups -OCH3 is 1. The molecule has 4 heterocycles. The number of anilines is 1. The molecule has 0 saturated carbocycles. The predicted molar refractivity (Wildman–Crippen MR) is 154 cm³/mol. The molecule has 0 spiro atoms. The number of rotatable bonds is 5. The quantitative estimate of drug-likeness (QED) is 0.326. The molecule has 3 aliphatic heterocycles. The SMILES string of the molecule is COCCN1CCN(c2c(F)cc3c(=O)c(C(=O)N4CCOCC4)cn4c3c2Oc2cc3ccccc3cc2-4)CC1. The second kappa shape index (κ2) is 10.4. The average Bonchev–Trinajstić information content (AvgIpc) is 3.01. The van der Waals surface area contributed by atoms with Crippen molar-refractivity contribution >= 4 is 33.3 Å². The van der Waals surface area contributed by atoms with Crippen molar-refractivity contribution in [2.45, 2.75) is 0 Å². The van der Waals surface area contributed by atoms with Crippen LogP contribution in [0.15, 0.2) is 53.5 Å². The first kappa shape index (κ1) is 25.9. The number of carbonyl (C=O) groups is 1. The summed E-state index contributed by atoms with van der Waals surface area (Å²) in [5, 5.41) is 2.08. The van der Waals surface area contributed by atoms with Crippen LogP contribution in [0.2, 0.25) is 0 Å². The van der Waals surface area contributed by atoms with Gasteiger partial charge >= 0.3 is 0 Å². The molecule has 9 nitrogen and oxygen atoms in total. The minimum absolute atomic E-state index is 0.00488. The summed E-state index contributed by atoms with van der Waals surface area (Å²) in [5.74, 6) is -0.0789. The van der Waals surface area contributed by atoms with Gasteiger partial charge in [0.2, 0.25) is 5.43 Å². The van der Waals surface area contributed by atoms with Gasteiger partial charge in [0.25, 0.3) is 5.91 Å². The number of hydrogen-bond donors (Lipinski definition) is 0. The molecule has 7 rings (SSSR count). The Morgan fingerprint density at radius 3 is 2.46 bits per heavy atom. The topological polar surface area (TPSA) is 76.5 Å². The number of hydrogen-bond acceptors (Lipinski definition) is 7. The maximum absolute atomic E-state index is 16.1. The van der Waals surface area contributed by atoms with Crippen molar-refractivity contribution in [1.29, 1.82) is 0 Å². The van der Waals surface area contributed by atoms with Crippen molar-refractivity contribution in [3.8, 4) is 17.2 Å². The smallest absolute Gasteiger partial charge is 0.259 e. The van der Waals surface area contributed by atoms with Gasteiger partial charge in [-0.1, -0.05) is 24.3 Å². The molecule has 4 aromatic rings. The Morgan fingerprint density at radius 2 is 1.73 bits per heavy atom. The van der Waals surface area contributed by atoms with E-state index in [0.29, 0.717) is 74.4 Å². The molecule has 1 aromatic heterocycles. The summed E-state index contributed by atoms with van der Waals surface area (Å²) in [6.07, 6.45) is 1.60.